The molecule has 1 fully saturated rings. The first-order valence-electron chi connectivity index (χ1n) is 9.18. The van der Waals surface area contributed by atoms with Crippen LogP contribution in [0.2, 0.25) is 0 Å². The van der Waals surface area contributed by atoms with Crippen LogP contribution in [0.4, 0.5) is 0 Å². The van der Waals surface area contributed by atoms with Crippen LogP contribution in [0.25, 0.3) is 0 Å². The van der Waals surface area contributed by atoms with Gasteiger partial charge in [0.25, 0.3) is 0 Å². The molecule has 0 aliphatic heterocycles. The quantitative estimate of drug-likeness (QED) is 0.637. The Balaban J connectivity index is 3.02. The maximum atomic E-state index is 3.96. The Kier molecular flexibility index (Phi) is 8.13. The lowest BCUT2D eigenvalue weighted by molar-refractivity contribution is 0.0368. The van der Waals surface area contributed by atoms with Gasteiger partial charge in [-0.15, -0.1) is 0 Å². The Morgan fingerprint density at radius 1 is 0.950 bits per heavy atom. The molecule has 1 aliphatic carbocycles. The second kappa shape index (κ2) is 9.04. The summed E-state index contributed by atoms with van der Waals surface area (Å²) < 4.78 is 0. The molecule has 20 heavy (non-hydrogen) atoms. The number of hydrogen-bond donors (Lipinski definition) is 1. The molecule has 1 rings (SSSR count). The van der Waals surface area contributed by atoms with Gasteiger partial charge in [0.2, 0.25) is 0 Å². The number of nitrogens with zero attached hydrogens (tertiary/aromatic N) is 1. The molecule has 0 aromatic carbocycles. The Hall–Kier alpha value is -0.0800. The molecular weight excluding hydrogens is 244 g/mol. The molecular formula is C18H38N2. The molecule has 0 heterocycles. The summed E-state index contributed by atoms with van der Waals surface area (Å²) in [5.74, 6) is 0.820. The highest BCUT2D eigenvalue weighted by Crippen LogP contribution is 2.41. The van der Waals surface area contributed by atoms with Crippen molar-refractivity contribution in [3.63, 3.8) is 0 Å². The summed E-state index contributed by atoms with van der Waals surface area (Å²) in [6.45, 7) is 15.3. The molecule has 0 spiro atoms. The molecule has 0 radical (unpaired) electrons. The maximum absolute atomic E-state index is 3.96. The van der Waals surface area contributed by atoms with Crippen LogP contribution in [-0.2, 0) is 0 Å². The fourth-order valence-corrected chi connectivity index (χ4v) is 4.52. The lowest BCUT2D eigenvalue weighted by Gasteiger charge is -2.49. The van der Waals surface area contributed by atoms with Gasteiger partial charge in [-0.2, -0.15) is 0 Å². The molecule has 0 amide bonds. The van der Waals surface area contributed by atoms with Gasteiger partial charge in [-0.25, -0.2) is 0 Å². The third-order valence-corrected chi connectivity index (χ3v) is 5.58. The molecule has 1 atom stereocenters. The molecule has 120 valence electrons. The Bertz CT molecular complexity index is 238. The minimum absolute atomic E-state index is 0.426. The average molecular weight is 283 g/mol. The normalized spacial score (nSPS) is 19.9. The van der Waals surface area contributed by atoms with E-state index in [0.717, 1.165) is 5.92 Å². The Labute approximate surface area is 127 Å². The summed E-state index contributed by atoms with van der Waals surface area (Å²) in [7, 11) is 0. The van der Waals surface area contributed by atoms with Crippen LogP contribution in [-0.4, -0.2) is 36.1 Å². The molecule has 0 aromatic rings. The lowest BCUT2D eigenvalue weighted by atomic mass is 9.76. The van der Waals surface area contributed by atoms with Gasteiger partial charge in [-0.3, -0.25) is 4.90 Å². The number of rotatable bonds is 10. The van der Waals surface area contributed by atoms with Gasteiger partial charge in [0, 0.05) is 11.6 Å². The van der Waals surface area contributed by atoms with Gasteiger partial charge in [0.05, 0.1) is 0 Å². The van der Waals surface area contributed by atoms with E-state index in [2.05, 4.69) is 44.8 Å². The first-order valence-corrected chi connectivity index (χ1v) is 9.18. The van der Waals surface area contributed by atoms with Gasteiger partial charge < -0.3 is 5.32 Å². The van der Waals surface area contributed by atoms with E-state index >= 15 is 0 Å². The van der Waals surface area contributed by atoms with E-state index in [4.69, 9.17) is 0 Å². The average Bonchev–Trinajstić information content (AvgIpc) is 2.95. The summed E-state index contributed by atoms with van der Waals surface area (Å²) >= 11 is 0. The topological polar surface area (TPSA) is 15.3 Å². The molecule has 2 heteroatoms. The van der Waals surface area contributed by atoms with Crippen molar-refractivity contribution in [2.75, 3.05) is 19.6 Å². The highest BCUT2D eigenvalue weighted by molar-refractivity contribution is 5.05. The second-order valence-electron chi connectivity index (χ2n) is 6.49. The van der Waals surface area contributed by atoms with E-state index in [0.29, 0.717) is 11.6 Å². The van der Waals surface area contributed by atoms with Crippen molar-refractivity contribution >= 4 is 0 Å². The van der Waals surface area contributed by atoms with Gasteiger partial charge in [0.15, 0.2) is 0 Å². The first kappa shape index (κ1) is 18.0. The number of likely N-dealkylation sites (N-methyl/N-ethyl adjacent to an activating group) is 1. The Morgan fingerprint density at radius 3 is 1.90 bits per heavy atom. The SMILES string of the molecule is CCCNC(C(CC)CC)C1(N(CC)CC)CCCC1. The van der Waals surface area contributed by atoms with Gasteiger partial charge in [0.1, 0.15) is 0 Å². The van der Waals surface area contributed by atoms with E-state index in [1.54, 1.807) is 0 Å². The predicted molar refractivity (Wildman–Crippen MR) is 90.3 cm³/mol. The van der Waals surface area contributed by atoms with Crippen molar-refractivity contribution in [2.24, 2.45) is 5.92 Å². The van der Waals surface area contributed by atoms with Crippen molar-refractivity contribution in [3.05, 3.63) is 0 Å². The van der Waals surface area contributed by atoms with Gasteiger partial charge in [-0.05, 0) is 44.8 Å². The standard InChI is InChI=1S/C18H38N2/c1-6-15-19-17(16(7-2)8-3)18(13-11-12-14-18)20(9-4)10-5/h16-17,19H,6-15H2,1-5H3. The van der Waals surface area contributed by atoms with Crippen LogP contribution in [0.1, 0.15) is 79.6 Å². The summed E-state index contributed by atoms with van der Waals surface area (Å²) in [4.78, 5) is 2.77. The molecule has 1 saturated carbocycles. The second-order valence-corrected chi connectivity index (χ2v) is 6.49. The fraction of sp³-hybridized carbons (Fsp3) is 1.00. The van der Waals surface area contributed by atoms with Crippen LogP contribution in [0, 0.1) is 5.92 Å². The molecule has 0 aromatic heterocycles. The van der Waals surface area contributed by atoms with E-state index in [-0.39, 0.29) is 0 Å². The molecule has 0 saturated heterocycles. The van der Waals surface area contributed by atoms with Crippen molar-refractivity contribution in [2.45, 2.75) is 91.1 Å². The van der Waals surface area contributed by atoms with Crippen LogP contribution >= 0.6 is 0 Å². The summed E-state index contributed by atoms with van der Waals surface area (Å²) in [5.41, 5.74) is 0.426. The zero-order chi connectivity index (χ0) is 15.0. The van der Waals surface area contributed by atoms with E-state index < -0.39 is 0 Å². The zero-order valence-corrected chi connectivity index (χ0v) is 14.7. The summed E-state index contributed by atoms with van der Waals surface area (Å²) in [6, 6.07) is 0.680. The third-order valence-electron chi connectivity index (χ3n) is 5.58. The van der Waals surface area contributed by atoms with Crippen molar-refractivity contribution in [1.29, 1.82) is 0 Å². The summed E-state index contributed by atoms with van der Waals surface area (Å²) in [5, 5.41) is 3.96. The largest absolute Gasteiger partial charge is 0.312 e. The minimum Gasteiger partial charge on any atom is -0.312 e. The molecule has 1 aliphatic rings. The smallest absolute Gasteiger partial charge is 0.0364 e. The number of nitrogens with one attached hydrogen (secondary N) is 1. The van der Waals surface area contributed by atoms with Crippen molar-refractivity contribution < 1.29 is 0 Å². The van der Waals surface area contributed by atoms with Crippen molar-refractivity contribution in [3.8, 4) is 0 Å². The first-order chi connectivity index (χ1) is 9.69. The van der Waals surface area contributed by atoms with Crippen molar-refractivity contribution in [1.82, 2.24) is 10.2 Å². The minimum atomic E-state index is 0.426. The zero-order valence-electron chi connectivity index (χ0n) is 14.7. The number of hydrogen-bond acceptors (Lipinski definition) is 2. The van der Waals surface area contributed by atoms with Crippen LogP contribution in [0.3, 0.4) is 0 Å². The third kappa shape index (κ3) is 3.76. The molecule has 0 bridgehead atoms. The Morgan fingerprint density at radius 2 is 1.50 bits per heavy atom. The van der Waals surface area contributed by atoms with Gasteiger partial charge >= 0.3 is 0 Å². The highest BCUT2D eigenvalue weighted by atomic mass is 15.2. The molecule has 1 unspecified atom stereocenters. The maximum Gasteiger partial charge on any atom is 0.0364 e. The van der Waals surface area contributed by atoms with Crippen LogP contribution < -0.4 is 5.32 Å². The monoisotopic (exact) mass is 282 g/mol. The van der Waals surface area contributed by atoms with Crippen LogP contribution in [0.15, 0.2) is 0 Å². The summed E-state index contributed by atoms with van der Waals surface area (Å²) in [6.07, 6.45) is 9.48. The van der Waals surface area contributed by atoms with E-state index in [1.807, 2.05) is 0 Å². The van der Waals surface area contributed by atoms with E-state index in [9.17, 15) is 0 Å². The van der Waals surface area contributed by atoms with Gasteiger partial charge in [-0.1, -0.05) is 60.3 Å². The predicted octanol–water partition coefficient (Wildman–Crippen LogP) is 4.45. The lowest BCUT2D eigenvalue weighted by Crippen LogP contribution is -2.62. The molecule has 2 nitrogen and oxygen atoms in total. The molecule has 1 N–H and O–H groups in total. The highest BCUT2D eigenvalue weighted by Gasteiger charge is 2.46. The fourth-order valence-electron chi connectivity index (χ4n) is 4.52. The van der Waals surface area contributed by atoms with Crippen LogP contribution in [0.5, 0.6) is 0 Å². The van der Waals surface area contributed by atoms with E-state index in [1.165, 1.54) is 64.6 Å².